The predicted molar refractivity (Wildman–Crippen MR) is 99.4 cm³/mol. The van der Waals surface area contributed by atoms with Gasteiger partial charge in [-0.15, -0.1) is 12.4 Å². The molecule has 0 aromatic heterocycles. The molecule has 1 aliphatic rings. The molecular weight excluding hydrogens is 326 g/mol. The van der Waals surface area contributed by atoms with Gasteiger partial charge in [0.05, 0.1) is 0 Å². The summed E-state index contributed by atoms with van der Waals surface area (Å²) < 4.78 is 0. The molecule has 0 saturated heterocycles. The zero-order chi connectivity index (χ0) is 16.8. The van der Waals surface area contributed by atoms with Crippen LogP contribution in [0.1, 0.15) is 38.7 Å². The fraction of sp³-hybridized carbons (Fsp3) is 0.556. The lowest BCUT2D eigenvalue weighted by Gasteiger charge is -2.29. The van der Waals surface area contributed by atoms with Gasteiger partial charge in [0.25, 0.3) is 0 Å². The summed E-state index contributed by atoms with van der Waals surface area (Å²) in [6.07, 6.45) is 2.46. The highest BCUT2D eigenvalue weighted by Crippen LogP contribution is 2.27. The molecule has 2 rings (SSSR count). The SMILES string of the molecule is CC(C)CC(CN)NC(=O)CCN1C(=O)CCc2ccccc21.Cl. The van der Waals surface area contributed by atoms with Gasteiger partial charge < -0.3 is 16.0 Å². The number of fused-ring (bicyclic) bond motifs is 1. The summed E-state index contributed by atoms with van der Waals surface area (Å²) in [6, 6.07) is 7.91. The van der Waals surface area contributed by atoms with Gasteiger partial charge in [0.1, 0.15) is 0 Å². The first-order valence-electron chi connectivity index (χ1n) is 8.39. The number of benzene rings is 1. The monoisotopic (exact) mass is 353 g/mol. The summed E-state index contributed by atoms with van der Waals surface area (Å²) in [7, 11) is 0. The van der Waals surface area contributed by atoms with Gasteiger partial charge in [0.2, 0.25) is 11.8 Å². The Balaban J connectivity index is 0.00000288. The van der Waals surface area contributed by atoms with E-state index < -0.39 is 0 Å². The highest BCUT2D eigenvalue weighted by Gasteiger charge is 2.24. The number of amides is 2. The molecule has 0 aliphatic carbocycles. The van der Waals surface area contributed by atoms with Crippen LogP contribution in [0, 0.1) is 5.92 Å². The maximum Gasteiger partial charge on any atom is 0.227 e. The van der Waals surface area contributed by atoms with E-state index in [1.807, 2.05) is 24.3 Å². The van der Waals surface area contributed by atoms with Crippen molar-refractivity contribution in [2.75, 3.05) is 18.0 Å². The zero-order valence-electron chi connectivity index (χ0n) is 14.5. The van der Waals surface area contributed by atoms with Crippen molar-refractivity contribution in [1.29, 1.82) is 0 Å². The molecule has 0 saturated carbocycles. The fourth-order valence-corrected chi connectivity index (χ4v) is 3.04. The van der Waals surface area contributed by atoms with Crippen LogP contribution in [-0.2, 0) is 16.0 Å². The van der Waals surface area contributed by atoms with Crippen LogP contribution >= 0.6 is 12.4 Å². The van der Waals surface area contributed by atoms with Gasteiger partial charge in [-0.25, -0.2) is 0 Å². The van der Waals surface area contributed by atoms with E-state index >= 15 is 0 Å². The van der Waals surface area contributed by atoms with Gasteiger partial charge in [0, 0.05) is 37.7 Å². The molecule has 2 amide bonds. The molecule has 0 fully saturated rings. The number of nitrogens with zero attached hydrogens (tertiary/aromatic N) is 1. The van der Waals surface area contributed by atoms with Crippen molar-refractivity contribution in [3.8, 4) is 0 Å². The van der Waals surface area contributed by atoms with E-state index in [0.717, 1.165) is 18.5 Å². The molecule has 1 aliphatic heterocycles. The Hall–Kier alpha value is -1.59. The first kappa shape index (κ1) is 20.5. The van der Waals surface area contributed by atoms with Crippen molar-refractivity contribution in [3.05, 3.63) is 29.8 Å². The summed E-state index contributed by atoms with van der Waals surface area (Å²) in [6.45, 7) is 5.08. The first-order chi connectivity index (χ1) is 11.0. The minimum Gasteiger partial charge on any atom is -0.352 e. The maximum atomic E-state index is 12.2. The minimum absolute atomic E-state index is 0. The summed E-state index contributed by atoms with van der Waals surface area (Å²) in [5.41, 5.74) is 7.83. The van der Waals surface area contributed by atoms with Gasteiger partial charge in [-0.05, 0) is 30.4 Å². The molecular formula is C18H28ClN3O2. The summed E-state index contributed by atoms with van der Waals surface area (Å²) in [4.78, 5) is 26.1. The van der Waals surface area contributed by atoms with Crippen LogP contribution < -0.4 is 16.0 Å². The van der Waals surface area contributed by atoms with E-state index in [9.17, 15) is 9.59 Å². The number of hydrogen-bond acceptors (Lipinski definition) is 3. The van der Waals surface area contributed by atoms with E-state index in [1.165, 1.54) is 5.56 Å². The fourth-order valence-electron chi connectivity index (χ4n) is 3.04. The van der Waals surface area contributed by atoms with Crippen molar-refractivity contribution in [2.45, 2.75) is 45.6 Å². The second-order valence-corrected chi connectivity index (χ2v) is 6.55. The third-order valence-electron chi connectivity index (χ3n) is 4.16. The van der Waals surface area contributed by atoms with Crippen molar-refractivity contribution in [2.24, 2.45) is 11.7 Å². The van der Waals surface area contributed by atoms with E-state index in [-0.39, 0.29) is 30.3 Å². The van der Waals surface area contributed by atoms with Crippen molar-refractivity contribution in [3.63, 3.8) is 0 Å². The molecule has 1 atom stereocenters. The summed E-state index contributed by atoms with van der Waals surface area (Å²) in [5, 5.41) is 2.97. The minimum atomic E-state index is -0.0445. The Kier molecular flexibility index (Phi) is 8.22. The number of halogens is 1. The molecule has 5 nitrogen and oxygen atoms in total. The lowest BCUT2D eigenvalue weighted by atomic mass is 10.0. The Morgan fingerprint density at radius 2 is 2.00 bits per heavy atom. The number of para-hydroxylation sites is 1. The number of aryl methyl sites for hydroxylation is 1. The third kappa shape index (κ3) is 5.49. The van der Waals surface area contributed by atoms with Crippen molar-refractivity contribution in [1.82, 2.24) is 5.32 Å². The Bertz CT molecular complexity index is 563. The molecule has 1 heterocycles. The number of carbonyl (C=O) groups is 2. The number of anilines is 1. The summed E-state index contributed by atoms with van der Waals surface area (Å²) in [5.74, 6) is 0.533. The van der Waals surface area contributed by atoms with Gasteiger partial charge in [-0.1, -0.05) is 32.0 Å². The quantitative estimate of drug-likeness (QED) is 0.789. The zero-order valence-corrected chi connectivity index (χ0v) is 15.3. The average molecular weight is 354 g/mol. The van der Waals surface area contributed by atoms with Crippen LogP contribution in [0.25, 0.3) is 0 Å². The van der Waals surface area contributed by atoms with Crippen LogP contribution in [0.5, 0.6) is 0 Å². The largest absolute Gasteiger partial charge is 0.352 e. The second-order valence-electron chi connectivity index (χ2n) is 6.55. The van der Waals surface area contributed by atoms with Crippen LogP contribution in [0.3, 0.4) is 0 Å². The number of carbonyl (C=O) groups excluding carboxylic acids is 2. The van der Waals surface area contributed by atoms with Crippen LogP contribution in [-0.4, -0.2) is 30.9 Å². The van der Waals surface area contributed by atoms with Crippen LogP contribution in [0.2, 0.25) is 0 Å². The number of nitrogens with two attached hydrogens (primary N) is 1. The number of rotatable bonds is 7. The Morgan fingerprint density at radius 3 is 2.67 bits per heavy atom. The third-order valence-corrected chi connectivity index (χ3v) is 4.16. The Morgan fingerprint density at radius 1 is 1.29 bits per heavy atom. The smallest absolute Gasteiger partial charge is 0.227 e. The molecule has 0 spiro atoms. The van der Waals surface area contributed by atoms with E-state index in [0.29, 0.717) is 31.8 Å². The molecule has 24 heavy (non-hydrogen) atoms. The van der Waals surface area contributed by atoms with E-state index in [2.05, 4.69) is 19.2 Å². The summed E-state index contributed by atoms with van der Waals surface area (Å²) >= 11 is 0. The van der Waals surface area contributed by atoms with Gasteiger partial charge in [0.15, 0.2) is 0 Å². The average Bonchev–Trinajstić information content (AvgIpc) is 2.52. The first-order valence-corrected chi connectivity index (χ1v) is 8.39. The van der Waals surface area contributed by atoms with Gasteiger partial charge in [-0.3, -0.25) is 9.59 Å². The molecule has 1 aromatic carbocycles. The number of nitrogens with one attached hydrogen (secondary N) is 1. The molecule has 1 unspecified atom stereocenters. The highest BCUT2D eigenvalue weighted by molar-refractivity contribution is 5.97. The van der Waals surface area contributed by atoms with Crippen molar-refractivity contribution < 1.29 is 9.59 Å². The molecule has 134 valence electrons. The maximum absolute atomic E-state index is 12.2. The normalized spacial score (nSPS) is 14.8. The topological polar surface area (TPSA) is 75.4 Å². The predicted octanol–water partition coefficient (Wildman–Crippen LogP) is 2.27. The molecule has 1 aromatic rings. The van der Waals surface area contributed by atoms with Crippen molar-refractivity contribution >= 4 is 29.9 Å². The van der Waals surface area contributed by atoms with E-state index in [1.54, 1.807) is 4.90 Å². The van der Waals surface area contributed by atoms with Gasteiger partial charge >= 0.3 is 0 Å². The lowest BCUT2D eigenvalue weighted by Crippen LogP contribution is -2.43. The molecule has 0 radical (unpaired) electrons. The standard InChI is InChI=1S/C18H27N3O2.ClH/c1-13(2)11-15(12-19)20-17(22)9-10-21-16-6-4-3-5-14(16)7-8-18(21)23;/h3-6,13,15H,7-12,19H2,1-2H3,(H,20,22);1H. The number of hydrogen-bond donors (Lipinski definition) is 2. The lowest BCUT2D eigenvalue weighted by molar-refractivity contribution is -0.121. The van der Waals surface area contributed by atoms with Crippen LogP contribution in [0.4, 0.5) is 5.69 Å². The second kappa shape index (κ2) is 9.64. The molecule has 3 N–H and O–H groups in total. The van der Waals surface area contributed by atoms with Gasteiger partial charge in [-0.2, -0.15) is 0 Å². The van der Waals surface area contributed by atoms with E-state index in [4.69, 9.17) is 5.73 Å². The molecule has 6 heteroatoms. The van der Waals surface area contributed by atoms with Crippen LogP contribution in [0.15, 0.2) is 24.3 Å². The Labute approximate surface area is 150 Å². The molecule has 0 bridgehead atoms. The highest BCUT2D eigenvalue weighted by atomic mass is 35.5.